The van der Waals surface area contributed by atoms with Gasteiger partial charge >= 0.3 is 6.09 Å². The minimum atomic E-state index is -0.460. The second kappa shape index (κ2) is 7.54. The molecule has 2 rings (SSSR count). The normalized spacial score (nSPS) is 26.3. The van der Waals surface area contributed by atoms with Gasteiger partial charge in [0.05, 0.1) is 0 Å². The Morgan fingerprint density at radius 1 is 1.09 bits per heavy atom. The lowest BCUT2D eigenvalue weighted by atomic mass is 9.81. The van der Waals surface area contributed by atoms with E-state index >= 15 is 0 Å². The quantitative estimate of drug-likeness (QED) is 0.816. The Hall–Kier alpha value is -1.26. The van der Waals surface area contributed by atoms with Crippen molar-refractivity contribution in [2.75, 3.05) is 6.54 Å². The first-order chi connectivity index (χ1) is 10.7. The molecule has 2 aliphatic carbocycles. The number of rotatable bonds is 5. The Kier molecular flexibility index (Phi) is 5.93. The molecule has 0 saturated heterocycles. The molecule has 0 spiro atoms. The zero-order valence-electron chi connectivity index (χ0n) is 15.0. The zero-order chi connectivity index (χ0) is 17.0. The van der Waals surface area contributed by atoms with Crippen molar-refractivity contribution in [3.05, 3.63) is 0 Å². The van der Waals surface area contributed by atoms with Gasteiger partial charge in [-0.3, -0.25) is 4.79 Å². The predicted molar refractivity (Wildman–Crippen MR) is 90.0 cm³/mol. The SMILES string of the molecule is C[C@H](NC(=O)C1CCC(CNC(=O)OC(C)(C)C)CC1)C1CC1. The summed E-state index contributed by atoms with van der Waals surface area (Å²) >= 11 is 0. The molecule has 0 bridgehead atoms. The van der Waals surface area contributed by atoms with Gasteiger partial charge in [0.15, 0.2) is 0 Å². The molecule has 0 radical (unpaired) electrons. The Balaban J connectivity index is 1.63. The number of amides is 2. The summed E-state index contributed by atoms with van der Waals surface area (Å²) in [6.07, 6.45) is 5.98. The van der Waals surface area contributed by atoms with Gasteiger partial charge < -0.3 is 15.4 Å². The van der Waals surface area contributed by atoms with Crippen molar-refractivity contribution in [3.63, 3.8) is 0 Å². The number of ether oxygens (including phenoxy) is 1. The highest BCUT2D eigenvalue weighted by Crippen LogP contribution is 2.33. The van der Waals surface area contributed by atoms with Crippen molar-refractivity contribution in [3.8, 4) is 0 Å². The average Bonchev–Trinajstić information content (AvgIpc) is 3.28. The Labute approximate surface area is 139 Å². The van der Waals surface area contributed by atoms with Crippen LogP contribution < -0.4 is 10.6 Å². The van der Waals surface area contributed by atoms with Gasteiger partial charge in [-0.15, -0.1) is 0 Å². The summed E-state index contributed by atoms with van der Waals surface area (Å²) in [7, 11) is 0. The first kappa shape index (κ1) is 18.1. The highest BCUT2D eigenvalue weighted by molar-refractivity contribution is 5.79. The fourth-order valence-corrected chi connectivity index (χ4v) is 3.23. The molecule has 2 N–H and O–H groups in total. The topological polar surface area (TPSA) is 67.4 Å². The molecule has 0 aromatic heterocycles. The van der Waals surface area contributed by atoms with Crippen molar-refractivity contribution in [2.45, 2.75) is 77.9 Å². The van der Waals surface area contributed by atoms with Crippen LogP contribution in [0.15, 0.2) is 0 Å². The summed E-state index contributed by atoms with van der Waals surface area (Å²) in [6.45, 7) is 8.34. The molecule has 0 unspecified atom stereocenters. The molecule has 2 aliphatic rings. The van der Waals surface area contributed by atoms with Gasteiger partial charge in [-0.25, -0.2) is 4.79 Å². The number of hydrogen-bond acceptors (Lipinski definition) is 3. The summed E-state index contributed by atoms with van der Waals surface area (Å²) in [6, 6.07) is 0.328. The van der Waals surface area contributed by atoms with Crippen LogP contribution in [0.1, 0.15) is 66.2 Å². The first-order valence-corrected chi connectivity index (χ1v) is 9.02. The molecule has 5 nitrogen and oxygen atoms in total. The van der Waals surface area contributed by atoms with Crippen molar-refractivity contribution in [1.82, 2.24) is 10.6 Å². The number of nitrogens with one attached hydrogen (secondary N) is 2. The first-order valence-electron chi connectivity index (χ1n) is 9.02. The molecular formula is C18H32N2O3. The van der Waals surface area contributed by atoms with E-state index in [0.29, 0.717) is 24.4 Å². The second-order valence-corrected chi connectivity index (χ2v) is 8.24. The smallest absolute Gasteiger partial charge is 0.407 e. The van der Waals surface area contributed by atoms with Crippen molar-refractivity contribution < 1.29 is 14.3 Å². The van der Waals surface area contributed by atoms with E-state index < -0.39 is 5.60 Å². The van der Waals surface area contributed by atoms with E-state index in [1.165, 1.54) is 12.8 Å². The minimum Gasteiger partial charge on any atom is -0.444 e. The summed E-state index contributed by atoms with van der Waals surface area (Å²) in [5.74, 6) is 1.53. The van der Waals surface area contributed by atoms with Crippen LogP contribution in [0.3, 0.4) is 0 Å². The van der Waals surface area contributed by atoms with Gasteiger partial charge in [0.2, 0.25) is 5.91 Å². The molecule has 0 aromatic carbocycles. The van der Waals surface area contributed by atoms with Crippen molar-refractivity contribution in [1.29, 1.82) is 0 Å². The third-order valence-electron chi connectivity index (χ3n) is 4.85. The van der Waals surface area contributed by atoms with Gasteiger partial charge in [-0.05, 0) is 78.1 Å². The molecule has 5 heteroatoms. The van der Waals surface area contributed by atoms with E-state index in [9.17, 15) is 9.59 Å². The lowest BCUT2D eigenvalue weighted by Gasteiger charge is -2.29. The monoisotopic (exact) mass is 324 g/mol. The van der Waals surface area contributed by atoms with Crippen molar-refractivity contribution >= 4 is 12.0 Å². The highest BCUT2D eigenvalue weighted by atomic mass is 16.6. The maximum absolute atomic E-state index is 12.3. The van der Waals surface area contributed by atoms with Crippen LogP contribution >= 0.6 is 0 Å². The van der Waals surface area contributed by atoms with Crippen molar-refractivity contribution in [2.24, 2.45) is 17.8 Å². The van der Waals surface area contributed by atoms with E-state index in [1.807, 2.05) is 20.8 Å². The molecule has 2 fully saturated rings. The van der Waals surface area contributed by atoms with Crippen LogP contribution in [-0.2, 0) is 9.53 Å². The third kappa shape index (κ3) is 6.40. The Morgan fingerprint density at radius 3 is 2.22 bits per heavy atom. The minimum absolute atomic E-state index is 0.147. The standard InChI is InChI=1S/C18H32N2O3/c1-12(14-9-10-14)20-16(21)15-7-5-13(6-8-15)11-19-17(22)23-18(2,3)4/h12-15H,5-11H2,1-4H3,(H,19,22)(H,20,21)/t12-,13?,15?/m0/s1. The maximum atomic E-state index is 12.3. The van der Waals surface area contributed by atoms with Crippen LogP contribution in [0.25, 0.3) is 0 Å². The van der Waals surface area contributed by atoms with Gasteiger partial charge in [0, 0.05) is 18.5 Å². The third-order valence-corrected chi connectivity index (χ3v) is 4.85. The van der Waals surface area contributed by atoms with E-state index in [1.54, 1.807) is 0 Å². The van der Waals surface area contributed by atoms with E-state index in [2.05, 4.69) is 17.6 Å². The molecule has 1 atom stereocenters. The molecule has 23 heavy (non-hydrogen) atoms. The fourth-order valence-electron chi connectivity index (χ4n) is 3.23. The zero-order valence-corrected chi connectivity index (χ0v) is 15.0. The van der Waals surface area contributed by atoms with Gasteiger partial charge in [-0.1, -0.05) is 0 Å². The highest BCUT2D eigenvalue weighted by Gasteiger charge is 2.32. The molecule has 132 valence electrons. The summed E-state index contributed by atoms with van der Waals surface area (Å²) in [4.78, 5) is 23.9. The van der Waals surface area contributed by atoms with Crippen LogP contribution in [0, 0.1) is 17.8 Å². The largest absolute Gasteiger partial charge is 0.444 e. The predicted octanol–water partition coefficient (Wildman–Crippen LogP) is 3.23. The number of carbonyl (C=O) groups excluding carboxylic acids is 2. The van der Waals surface area contributed by atoms with E-state index in [0.717, 1.165) is 25.7 Å². The molecular weight excluding hydrogens is 292 g/mol. The number of carbonyl (C=O) groups is 2. The molecule has 2 saturated carbocycles. The molecule has 0 aromatic rings. The van der Waals surface area contributed by atoms with Gasteiger partial charge in [0.1, 0.15) is 5.60 Å². The van der Waals surface area contributed by atoms with Crippen LogP contribution in [-0.4, -0.2) is 30.2 Å². The second-order valence-electron chi connectivity index (χ2n) is 8.24. The Morgan fingerprint density at radius 2 is 1.70 bits per heavy atom. The maximum Gasteiger partial charge on any atom is 0.407 e. The van der Waals surface area contributed by atoms with E-state index in [-0.39, 0.29) is 17.9 Å². The van der Waals surface area contributed by atoms with E-state index in [4.69, 9.17) is 4.74 Å². The van der Waals surface area contributed by atoms with Gasteiger partial charge in [-0.2, -0.15) is 0 Å². The number of alkyl carbamates (subject to hydrolysis) is 1. The average molecular weight is 324 g/mol. The number of hydrogen-bond donors (Lipinski definition) is 2. The lowest BCUT2D eigenvalue weighted by molar-refractivity contribution is -0.127. The summed E-state index contributed by atoms with van der Waals surface area (Å²) < 4.78 is 5.25. The van der Waals surface area contributed by atoms with Crippen LogP contribution in [0.4, 0.5) is 4.79 Å². The lowest BCUT2D eigenvalue weighted by Crippen LogP contribution is -2.41. The Bertz CT molecular complexity index is 418. The van der Waals surface area contributed by atoms with Crippen LogP contribution in [0.5, 0.6) is 0 Å². The summed E-state index contributed by atoms with van der Waals surface area (Å²) in [5.41, 5.74) is -0.460. The van der Waals surface area contributed by atoms with Gasteiger partial charge in [0.25, 0.3) is 0 Å². The molecule has 0 heterocycles. The van der Waals surface area contributed by atoms with Crippen LogP contribution in [0.2, 0.25) is 0 Å². The molecule has 0 aliphatic heterocycles. The molecule has 2 amide bonds. The fraction of sp³-hybridized carbons (Fsp3) is 0.889. The summed E-state index contributed by atoms with van der Waals surface area (Å²) in [5, 5.41) is 6.02.